The van der Waals surface area contributed by atoms with Gasteiger partial charge < -0.3 is 20.1 Å². The third-order valence-electron chi connectivity index (χ3n) is 7.16. The Balaban J connectivity index is 1.37. The molecule has 1 fully saturated rings. The van der Waals surface area contributed by atoms with Crippen molar-refractivity contribution in [2.75, 3.05) is 38.3 Å². The van der Waals surface area contributed by atoms with Crippen LogP contribution in [0, 0.1) is 5.41 Å². The van der Waals surface area contributed by atoms with E-state index in [0.29, 0.717) is 19.1 Å². The highest BCUT2D eigenvalue weighted by atomic mass is 16.5. The van der Waals surface area contributed by atoms with Gasteiger partial charge in [0.15, 0.2) is 0 Å². The van der Waals surface area contributed by atoms with Crippen molar-refractivity contribution < 1.29 is 9.47 Å². The molecule has 33 heavy (non-hydrogen) atoms. The normalized spacial score (nSPS) is 19.0. The lowest BCUT2D eigenvalue weighted by atomic mass is 9.73. The first kappa shape index (κ1) is 21.7. The van der Waals surface area contributed by atoms with Gasteiger partial charge in [-0.3, -0.25) is 5.10 Å². The van der Waals surface area contributed by atoms with E-state index in [4.69, 9.17) is 20.2 Å². The second-order valence-electron chi connectivity index (χ2n) is 9.03. The number of methoxy groups -OCH3 is 1. The molecule has 7 nitrogen and oxygen atoms in total. The van der Waals surface area contributed by atoms with E-state index in [9.17, 15) is 0 Å². The molecule has 172 valence electrons. The van der Waals surface area contributed by atoms with Gasteiger partial charge in [-0.15, -0.1) is 0 Å². The van der Waals surface area contributed by atoms with Crippen molar-refractivity contribution in [3.05, 3.63) is 77.6 Å². The molecule has 5 rings (SSSR count). The van der Waals surface area contributed by atoms with E-state index >= 15 is 0 Å². The van der Waals surface area contributed by atoms with Crippen LogP contribution in [0.2, 0.25) is 0 Å². The Morgan fingerprint density at radius 1 is 1.21 bits per heavy atom. The summed E-state index contributed by atoms with van der Waals surface area (Å²) >= 11 is 0. The fourth-order valence-corrected chi connectivity index (χ4v) is 5.19. The second-order valence-corrected chi connectivity index (χ2v) is 9.03. The SMILES string of the molecule is C=C(c1cc(OCCOC)nc(N2CCC3(CC2)Cc2ccccc2[C@H]3N)c1)c1cc[nH]n1. The molecule has 1 aliphatic heterocycles. The van der Waals surface area contributed by atoms with E-state index in [1.54, 1.807) is 13.3 Å². The van der Waals surface area contributed by atoms with E-state index in [0.717, 1.165) is 55.0 Å². The summed E-state index contributed by atoms with van der Waals surface area (Å²) in [5, 5.41) is 7.14. The maximum absolute atomic E-state index is 6.76. The zero-order valence-electron chi connectivity index (χ0n) is 19.1. The van der Waals surface area contributed by atoms with Gasteiger partial charge in [0.2, 0.25) is 5.88 Å². The Morgan fingerprint density at radius 3 is 2.76 bits per heavy atom. The van der Waals surface area contributed by atoms with Gasteiger partial charge in [0.1, 0.15) is 12.4 Å². The predicted octanol–water partition coefficient (Wildman–Crippen LogP) is 3.73. The maximum Gasteiger partial charge on any atom is 0.215 e. The standard InChI is InChI=1S/C26H31N5O2/c1-18(22-7-10-28-30-22)20-15-23(29-24(16-20)33-14-13-32-2)31-11-8-26(9-12-31)17-19-5-3-4-6-21(19)25(26)27/h3-7,10,15-16,25H,1,8-9,11-14,17,27H2,2H3,(H,28,30)/t25-/m1/s1. The van der Waals surface area contributed by atoms with Crippen molar-refractivity contribution in [2.45, 2.75) is 25.3 Å². The first-order valence-electron chi connectivity index (χ1n) is 11.5. The van der Waals surface area contributed by atoms with Gasteiger partial charge in [-0.2, -0.15) is 10.1 Å². The fourth-order valence-electron chi connectivity index (χ4n) is 5.19. The van der Waals surface area contributed by atoms with Crippen LogP contribution in [0.1, 0.15) is 41.3 Å². The lowest BCUT2D eigenvalue weighted by Gasteiger charge is -2.42. The van der Waals surface area contributed by atoms with E-state index in [-0.39, 0.29) is 11.5 Å². The van der Waals surface area contributed by atoms with Crippen LogP contribution in [0.3, 0.4) is 0 Å². The number of aromatic amines is 1. The molecule has 1 atom stereocenters. The summed E-state index contributed by atoms with van der Waals surface area (Å²) in [6, 6.07) is 14.7. The van der Waals surface area contributed by atoms with Crippen molar-refractivity contribution in [3.8, 4) is 5.88 Å². The highest BCUT2D eigenvalue weighted by Gasteiger charge is 2.45. The lowest BCUT2D eigenvalue weighted by molar-refractivity contribution is 0.143. The van der Waals surface area contributed by atoms with Crippen LogP contribution in [0.25, 0.3) is 5.57 Å². The maximum atomic E-state index is 6.76. The molecule has 0 amide bonds. The topological polar surface area (TPSA) is 89.3 Å². The Morgan fingerprint density at radius 2 is 2.03 bits per heavy atom. The average Bonchev–Trinajstić information content (AvgIpc) is 3.47. The van der Waals surface area contributed by atoms with Gasteiger partial charge in [0, 0.05) is 44.1 Å². The van der Waals surface area contributed by atoms with Crippen LogP contribution in [0.4, 0.5) is 5.82 Å². The summed E-state index contributed by atoms with van der Waals surface area (Å²) in [5.41, 5.74) is 12.2. The molecule has 2 aromatic heterocycles. The number of nitrogens with two attached hydrogens (primary N) is 1. The number of rotatable bonds is 7. The number of H-pyrrole nitrogens is 1. The molecule has 0 unspecified atom stereocenters. The van der Waals surface area contributed by atoms with Gasteiger partial charge in [0.05, 0.1) is 12.3 Å². The number of benzene rings is 1. The first-order valence-corrected chi connectivity index (χ1v) is 11.5. The van der Waals surface area contributed by atoms with Gasteiger partial charge in [-0.25, -0.2) is 0 Å². The van der Waals surface area contributed by atoms with Crippen LogP contribution in [0.5, 0.6) is 5.88 Å². The van der Waals surface area contributed by atoms with Crippen LogP contribution in [-0.4, -0.2) is 48.6 Å². The number of ether oxygens (including phenoxy) is 2. The summed E-state index contributed by atoms with van der Waals surface area (Å²) in [4.78, 5) is 7.15. The predicted molar refractivity (Wildman–Crippen MR) is 129 cm³/mol. The molecule has 0 bridgehead atoms. The number of fused-ring (bicyclic) bond motifs is 1. The quantitative estimate of drug-likeness (QED) is 0.539. The molecular formula is C26H31N5O2. The van der Waals surface area contributed by atoms with Gasteiger partial charge in [0.25, 0.3) is 0 Å². The summed E-state index contributed by atoms with van der Waals surface area (Å²) in [6.45, 7) is 7.02. The Bertz CT molecular complexity index is 1120. The fraction of sp³-hybridized carbons (Fsp3) is 0.385. The number of hydrogen-bond donors (Lipinski definition) is 2. The van der Waals surface area contributed by atoms with Gasteiger partial charge >= 0.3 is 0 Å². The molecule has 0 saturated carbocycles. The lowest BCUT2D eigenvalue weighted by Crippen LogP contribution is -2.44. The first-order chi connectivity index (χ1) is 16.1. The van der Waals surface area contributed by atoms with Gasteiger partial charge in [-0.1, -0.05) is 30.8 Å². The highest BCUT2D eigenvalue weighted by Crippen LogP contribution is 2.51. The smallest absolute Gasteiger partial charge is 0.215 e. The minimum atomic E-state index is 0.0996. The molecule has 3 heterocycles. The number of anilines is 1. The minimum absolute atomic E-state index is 0.0996. The monoisotopic (exact) mass is 445 g/mol. The molecule has 3 N–H and O–H groups in total. The minimum Gasteiger partial charge on any atom is -0.475 e. The molecule has 0 radical (unpaired) electrons. The number of aromatic nitrogens is 3. The number of nitrogens with one attached hydrogen (secondary N) is 1. The third kappa shape index (κ3) is 4.14. The zero-order chi connectivity index (χ0) is 22.8. The number of hydrogen-bond acceptors (Lipinski definition) is 6. The van der Waals surface area contributed by atoms with Gasteiger partial charge in [-0.05, 0) is 53.5 Å². The third-order valence-corrected chi connectivity index (χ3v) is 7.16. The number of pyridine rings is 1. The molecule has 1 aromatic carbocycles. The second kappa shape index (κ2) is 9.00. The average molecular weight is 446 g/mol. The molecule has 1 saturated heterocycles. The van der Waals surface area contributed by atoms with Crippen molar-refractivity contribution >= 4 is 11.4 Å². The van der Waals surface area contributed by atoms with Crippen molar-refractivity contribution in [1.82, 2.24) is 15.2 Å². The van der Waals surface area contributed by atoms with Crippen molar-refractivity contribution in [2.24, 2.45) is 11.1 Å². The molecule has 7 heteroatoms. The summed E-state index contributed by atoms with van der Waals surface area (Å²) in [5.74, 6) is 1.47. The summed E-state index contributed by atoms with van der Waals surface area (Å²) in [7, 11) is 1.66. The Kier molecular flexibility index (Phi) is 5.91. The van der Waals surface area contributed by atoms with E-state index in [1.165, 1.54) is 11.1 Å². The van der Waals surface area contributed by atoms with Crippen LogP contribution in [-0.2, 0) is 11.2 Å². The summed E-state index contributed by atoms with van der Waals surface area (Å²) < 4.78 is 11.0. The van der Waals surface area contributed by atoms with Crippen molar-refractivity contribution in [1.29, 1.82) is 0 Å². The van der Waals surface area contributed by atoms with Crippen LogP contribution < -0.4 is 15.4 Å². The van der Waals surface area contributed by atoms with E-state index < -0.39 is 0 Å². The number of nitrogens with zero attached hydrogens (tertiary/aromatic N) is 3. The zero-order valence-corrected chi connectivity index (χ0v) is 19.1. The highest BCUT2D eigenvalue weighted by molar-refractivity contribution is 5.77. The van der Waals surface area contributed by atoms with E-state index in [2.05, 4.69) is 52.0 Å². The summed E-state index contributed by atoms with van der Waals surface area (Å²) in [6.07, 6.45) is 4.93. The number of piperidine rings is 1. The molecule has 1 aliphatic carbocycles. The molecule has 1 spiro atoms. The Labute approximate surface area is 194 Å². The van der Waals surface area contributed by atoms with Crippen LogP contribution in [0.15, 0.2) is 55.2 Å². The molecule has 2 aliphatic rings. The molecular weight excluding hydrogens is 414 g/mol. The van der Waals surface area contributed by atoms with Crippen LogP contribution >= 0.6 is 0 Å². The van der Waals surface area contributed by atoms with Crippen molar-refractivity contribution in [3.63, 3.8) is 0 Å². The Hall–Kier alpha value is -3.16. The largest absolute Gasteiger partial charge is 0.475 e. The van der Waals surface area contributed by atoms with E-state index in [1.807, 2.05) is 12.1 Å². The molecule has 3 aromatic rings.